The first kappa shape index (κ1) is 19.9. The molecule has 2 aliphatic rings. The Morgan fingerprint density at radius 3 is 2.31 bits per heavy atom. The molecule has 29 heavy (non-hydrogen) atoms. The van der Waals surface area contributed by atoms with Gasteiger partial charge in [-0.05, 0) is 67.5 Å². The monoisotopic (exact) mass is 452 g/mol. The van der Waals surface area contributed by atoms with Crippen LogP contribution >= 0.6 is 15.9 Å². The summed E-state index contributed by atoms with van der Waals surface area (Å²) in [6.07, 6.45) is 2.06. The molecule has 4 rings (SSSR count). The molecule has 0 radical (unpaired) electrons. The quantitative estimate of drug-likeness (QED) is 0.609. The zero-order chi connectivity index (χ0) is 20.7. The number of halogens is 1. The number of carbonyl (C=O) groups is 2. The molecule has 1 saturated heterocycles. The summed E-state index contributed by atoms with van der Waals surface area (Å²) in [5.74, 6) is 0.172. The van der Waals surface area contributed by atoms with Gasteiger partial charge in [-0.25, -0.2) is 4.90 Å². The highest BCUT2D eigenvalue weighted by atomic mass is 79.9. The van der Waals surface area contributed by atoms with Crippen molar-refractivity contribution in [1.82, 2.24) is 4.90 Å². The summed E-state index contributed by atoms with van der Waals surface area (Å²) < 4.78 is 0.837. The van der Waals surface area contributed by atoms with E-state index in [0.29, 0.717) is 22.9 Å². The fraction of sp³-hybridized carbons (Fsp3) is 0.333. The zero-order valence-electron chi connectivity index (χ0n) is 17.0. The van der Waals surface area contributed by atoms with Crippen LogP contribution in [0, 0.1) is 19.8 Å². The summed E-state index contributed by atoms with van der Waals surface area (Å²) in [5.41, 5.74) is 4.76. The summed E-state index contributed by atoms with van der Waals surface area (Å²) >= 11 is 3.45. The SMILES string of the molecule is Cc1ccc(C2=C(N3CCC(C)CC3)C(=O)N(c3cccc(Br)c3)C2=O)cc1C. The smallest absolute Gasteiger partial charge is 0.282 e. The van der Waals surface area contributed by atoms with Crippen molar-refractivity contribution in [3.63, 3.8) is 0 Å². The summed E-state index contributed by atoms with van der Waals surface area (Å²) in [5, 5.41) is 0. The number of rotatable bonds is 3. The molecule has 0 unspecified atom stereocenters. The van der Waals surface area contributed by atoms with Crippen LogP contribution in [0.2, 0.25) is 0 Å². The highest BCUT2D eigenvalue weighted by molar-refractivity contribution is 9.10. The van der Waals surface area contributed by atoms with Crippen LogP contribution in [-0.4, -0.2) is 29.8 Å². The molecule has 0 aromatic heterocycles. The molecule has 0 saturated carbocycles. The highest BCUT2D eigenvalue weighted by Gasteiger charge is 2.43. The fourth-order valence-corrected chi connectivity index (χ4v) is 4.44. The van der Waals surface area contributed by atoms with E-state index < -0.39 is 0 Å². The third-order valence-corrected chi connectivity index (χ3v) is 6.51. The summed E-state index contributed by atoms with van der Waals surface area (Å²) in [7, 11) is 0. The third-order valence-electron chi connectivity index (χ3n) is 6.02. The van der Waals surface area contributed by atoms with E-state index in [9.17, 15) is 9.59 Å². The van der Waals surface area contributed by atoms with Crippen molar-refractivity contribution >= 4 is 39.0 Å². The number of hydrogen-bond donors (Lipinski definition) is 0. The number of piperidine rings is 1. The average molecular weight is 453 g/mol. The predicted molar refractivity (Wildman–Crippen MR) is 119 cm³/mol. The second kappa shape index (κ2) is 7.79. The second-order valence-corrected chi connectivity index (χ2v) is 9.03. The molecule has 1 fully saturated rings. The van der Waals surface area contributed by atoms with Gasteiger partial charge in [-0.2, -0.15) is 0 Å². The van der Waals surface area contributed by atoms with Crippen molar-refractivity contribution in [3.05, 3.63) is 69.3 Å². The molecule has 4 nitrogen and oxygen atoms in total. The van der Waals surface area contributed by atoms with E-state index in [4.69, 9.17) is 0 Å². The van der Waals surface area contributed by atoms with E-state index in [-0.39, 0.29) is 11.8 Å². The average Bonchev–Trinajstić information content (AvgIpc) is 2.95. The van der Waals surface area contributed by atoms with Gasteiger partial charge in [-0.1, -0.05) is 47.1 Å². The molecule has 2 heterocycles. The Balaban J connectivity index is 1.83. The lowest BCUT2D eigenvalue weighted by molar-refractivity contribution is -0.120. The van der Waals surface area contributed by atoms with Crippen LogP contribution in [0.3, 0.4) is 0 Å². The maximum absolute atomic E-state index is 13.5. The molecule has 2 aromatic carbocycles. The van der Waals surface area contributed by atoms with Gasteiger partial charge in [-0.3, -0.25) is 9.59 Å². The standard InChI is InChI=1S/C24H25BrN2O2/c1-15-9-11-26(12-10-15)22-21(18-8-7-16(2)17(3)13-18)23(28)27(24(22)29)20-6-4-5-19(25)14-20/h4-8,13-15H,9-12H2,1-3H3. The maximum Gasteiger partial charge on any atom is 0.282 e. The molecular weight excluding hydrogens is 428 g/mol. The number of benzene rings is 2. The molecule has 0 N–H and O–H groups in total. The van der Waals surface area contributed by atoms with Gasteiger partial charge < -0.3 is 4.90 Å². The minimum absolute atomic E-state index is 0.226. The van der Waals surface area contributed by atoms with Crippen LogP contribution in [0.4, 0.5) is 5.69 Å². The Morgan fingerprint density at radius 2 is 1.66 bits per heavy atom. The van der Waals surface area contributed by atoms with E-state index in [2.05, 4.69) is 34.7 Å². The van der Waals surface area contributed by atoms with Gasteiger partial charge in [0.05, 0.1) is 11.3 Å². The number of hydrogen-bond acceptors (Lipinski definition) is 3. The van der Waals surface area contributed by atoms with Crippen molar-refractivity contribution in [3.8, 4) is 0 Å². The molecule has 0 aliphatic carbocycles. The number of anilines is 1. The van der Waals surface area contributed by atoms with Crippen LogP contribution in [0.5, 0.6) is 0 Å². The van der Waals surface area contributed by atoms with E-state index in [0.717, 1.165) is 41.5 Å². The van der Waals surface area contributed by atoms with E-state index in [1.54, 1.807) is 6.07 Å². The minimum atomic E-state index is -0.245. The van der Waals surface area contributed by atoms with Crippen LogP contribution in [0.1, 0.15) is 36.5 Å². The lowest BCUT2D eigenvalue weighted by Gasteiger charge is -2.32. The third kappa shape index (κ3) is 3.64. The first-order valence-electron chi connectivity index (χ1n) is 10.1. The molecule has 2 amide bonds. The normalized spacial score (nSPS) is 18.2. The molecule has 0 spiro atoms. The van der Waals surface area contributed by atoms with Gasteiger partial charge in [0.25, 0.3) is 11.8 Å². The van der Waals surface area contributed by atoms with E-state index >= 15 is 0 Å². The zero-order valence-corrected chi connectivity index (χ0v) is 18.6. The van der Waals surface area contributed by atoms with Gasteiger partial charge >= 0.3 is 0 Å². The number of carbonyl (C=O) groups excluding carboxylic acids is 2. The van der Waals surface area contributed by atoms with Crippen LogP contribution in [-0.2, 0) is 9.59 Å². The number of likely N-dealkylation sites (tertiary alicyclic amines) is 1. The second-order valence-electron chi connectivity index (χ2n) is 8.12. The lowest BCUT2D eigenvalue weighted by atomic mass is 9.96. The largest absolute Gasteiger partial charge is 0.366 e. The van der Waals surface area contributed by atoms with Gasteiger partial charge in [-0.15, -0.1) is 0 Å². The van der Waals surface area contributed by atoms with Crippen LogP contribution in [0.25, 0.3) is 5.57 Å². The highest BCUT2D eigenvalue weighted by Crippen LogP contribution is 2.37. The van der Waals surface area contributed by atoms with Gasteiger partial charge in [0.2, 0.25) is 0 Å². The Morgan fingerprint density at radius 1 is 0.931 bits per heavy atom. The Kier molecular flexibility index (Phi) is 5.34. The van der Waals surface area contributed by atoms with Gasteiger partial charge in [0.15, 0.2) is 0 Å². The molecule has 5 heteroatoms. The first-order valence-corrected chi connectivity index (χ1v) is 10.9. The molecule has 0 bridgehead atoms. The van der Waals surface area contributed by atoms with Gasteiger partial charge in [0, 0.05) is 17.6 Å². The number of aryl methyl sites for hydroxylation is 2. The minimum Gasteiger partial charge on any atom is -0.366 e. The van der Waals surface area contributed by atoms with Crippen molar-refractivity contribution in [2.24, 2.45) is 5.92 Å². The first-order chi connectivity index (χ1) is 13.9. The number of nitrogens with zero attached hydrogens (tertiary/aromatic N) is 2. The fourth-order valence-electron chi connectivity index (χ4n) is 4.05. The Bertz CT molecular complexity index is 1020. The molecule has 0 atom stereocenters. The topological polar surface area (TPSA) is 40.6 Å². The maximum atomic E-state index is 13.5. The predicted octanol–water partition coefficient (Wildman–Crippen LogP) is 5.08. The van der Waals surface area contributed by atoms with Crippen molar-refractivity contribution in [2.45, 2.75) is 33.6 Å². The van der Waals surface area contributed by atoms with E-state index in [1.807, 2.05) is 43.3 Å². The van der Waals surface area contributed by atoms with Crippen LogP contribution in [0.15, 0.2) is 52.6 Å². The molecule has 2 aromatic rings. The van der Waals surface area contributed by atoms with Gasteiger partial charge in [0.1, 0.15) is 5.70 Å². The lowest BCUT2D eigenvalue weighted by Crippen LogP contribution is -2.38. The summed E-state index contributed by atoms with van der Waals surface area (Å²) in [6, 6.07) is 13.4. The molecular formula is C24H25BrN2O2. The molecule has 150 valence electrons. The Labute approximate surface area is 180 Å². The molecule has 2 aliphatic heterocycles. The summed E-state index contributed by atoms with van der Waals surface area (Å²) in [6.45, 7) is 7.93. The summed E-state index contributed by atoms with van der Waals surface area (Å²) in [4.78, 5) is 30.5. The van der Waals surface area contributed by atoms with Crippen molar-refractivity contribution in [2.75, 3.05) is 18.0 Å². The van der Waals surface area contributed by atoms with Crippen molar-refractivity contribution < 1.29 is 9.59 Å². The van der Waals surface area contributed by atoms with Crippen molar-refractivity contribution in [1.29, 1.82) is 0 Å². The number of imide groups is 1. The number of amides is 2. The van der Waals surface area contributed by atoms with E-state index in [1.165, 1.54) is 10.5 Å². The Hall–Kier alpha value is -2.40. The van der Waals surface area contributed by atoms with Crippen LogP contribution < -0.4 is 4.90 Å².